The number of nitrogens with one attached hydrogen (secondary N) is 1. The molecular formula is C16H24ClN3O. The molecule has 0 atom stereocenters. The van der Waals surface area contributed by atoms with Crippen molar-refractivity contribution in [3.63, 3.8) is 0 Å². The third-order valence-corrected chi connectivity index (χ3v) is 4.22. The van der Waals surface area contributed by atoms with Crippen molar-refractivity contribution in [2.24, 2.45) is 0 Å². The molecule has 2 rings (SSSR count). The Morgan fingerprint density at radius 1 is 1.29 bits per heavy atom. The molecule has 1 amide bonds. The van der Waals surface area contributed by atoms with E-state index in [1.807, 2.05) is 11.0 Å². The van der Waals surface area contributed by atoms with Crippen LogP contribution in [0.15, 0.2) is 18.2 Å². The van der Waals surface area contributed by atoms with Crippen LogP contribution in [0.1, 0.15) is 25.8 Å². The van der Waals surface area contributed by atoms with Crippen LogP contribution in [0.3, 0.4) is 0 Å². The van der Waals surface area contributed by atoms with E-state index < -0.39 is 0 Å². The highest BCUT2D eigenvalue weighted by molar-refractivity contribution is 6.31. The molecule has 0 spiro atoms. The minimum absolute atomic E-state index is 0.157. The highest BCUT2D eigenvalue weighted by atomic mass is 35.5. The number of amides is 1. The van der Waals surface area contributed by atoms with Crippen LogP contribution in [0, 0.1) is 0 Å². The molecule has 1 heterocycles. The van der Waals surface area contributed by atoms with Crippen molar-refractivity contribution < 1.29 is 4.79 Å². The van der Waals surface area contributed by atoms with Gasteiger partial charge >= 0.3 is 0 Å². The summed E-state index contributed by atoms with van der Waals surface area (Å²) in [7, 11) is 0. The maximum atomic E-state index is 11.3. The van der Waals surface area contributed by atoms with E-state index in [1.54, 1.807) is 6.92 Å². The summed E-state index contributed by atoms with van der Waals surface area (Å²) in [5.41, 5.74) is 2.28. The van der Waals surface area contributed by atoms with Gasteiger partial charge in [-0.25, -0.2) is 0 Å². The normalized spacial score (nSPS) is 15.4. The number of carbonyl (C=O) groups is 1. The summed E-state index contributed by atoms with van der Waals surface area (Å²) in [5, 5.41) is 4.18. The lowest BCUT2D eigenvalue weighted by Gasteiger charge is -2.35. The van der Waals surface area contributed by atoms with Crippen LogP contribution in [-0.2, 0) is 11.3 Å². The van der Waals surface area contributed by atoms with Crippen LogP contribution in [0.4, 0.5) is 5.69 Å². The van der Waals surface area contributed by atoms with Gasteiger partial charge in [-0.15, -0.1) is 0 Å². The number of piperazine rings is 1. The summed E-state index contributed by atoms with van der Waals surface area (Å²) < 4.78 is 0. The second kappa shape index (κ2) is 7.66. The van der Waals surface area contributed by atoms with Gasteiger partial charge in [-0.3, -0.25) is 4.79 Å². The molecule has 0 aliphatic carbocycles. The maximum Gasteiger partial charge on any atom is 0.219 e. The van der Waals surface area contributed by atoms with Crippen LogP contribution in [-0.4, -0.2) is 43.5 Å². The van der Waals surface area contributed by atoms with Gasteiger partial charge in [-0.2, -0.15) is 0 Å². The first-order chi connectivity index (χ1) is 10.1. The van der Waals surface area contributed by atoms with E-state index in [9.17, 15) is 4.79 Å². The van der Waals surface area contributed by atoms with Crippen molar-refractivity contribution in [1.82, 2.24) is 10.2 Å². The van der Waals surface area contributed by atoms with Crippen LogP contribution >= 0.6 is 11.6 Å². The number of halogens is 1. The summed E-state index contributed by atoms with van der Waals surface area (Å²) in [6, 6.07) is 6.25. The Morgan fingerprint density at radius 3 is 2.57 bits per heavy atom. The van der Waals surface area contributed by atoms with Gasteiger partial charge < -0.3 is 15.1 Å². The lowest BCUT2D eigenvalue weighted by Crippen LogP contribution is -2.48. The first-order valence-electron chi connectivity index (χ1n) is 7.61. The van der Waals surface area contributed by atoms with Gasteiger partial charge in [0.1, 0.15) is 0 Å². The van der Waals surface area contributed by atoms with Crippen molar-refractivity contribution in [2.75, 3.05) is 37.6 Å². The molecule has 0 aromatic heterocycles. The van der Waals surface area contributed by atoms with E-state index in [4.69, 9.17) is 11.6 Å². The smallest absolute Gasteiger partial charge is 0.219 e. The van der Waals surface area contributed by atoms with Gasteiger partial charge in [0.15, 0.2) is 0 Å². The fraction of sp³-hybridized carbons (Fsp3) is 0.562. The van der Waals surface area contributed by atoms with E-state index in [2.05, 4.69) is 29.3 Å². The highest BCUT2D eigenvalue weighted by Crippen LogP contribution is 2.24. The lowest BCUT2D eigenvalue weighted by atomic mass is 10.1. The number of hydrogen-bond donors (Lipinski definition) is 1. The Hall–Kier alpha value is -1.26. The largest absolute Gasteiger partial charge is 0.368 e. The van der Waals surface area contributed by atoms with Gasteiger partial charge in [0.05, 0.1) is 0 Å². The minimum atomic E-state index is 0.157. The molecule has 1 fully saturated rings. The third-order valence-electron chi connectivity index (χ3n) is 3.87. The van der Waals surface area contributed by atoms with E-state index in [0.29, 0.717) is 0 Å². The number of carbonyl (C=O) groups excluding carboxylic acids is 1. The summed E-state index contributed by atoms with van der Waals surface area (Å²) in [4.78, 5) is 15.5. The second-order valence-corrected chi connectivity index (χ2v) is 5.85. The Morgan fingerprint density at radius 2 is 2.00 bits per heavy atom. The molecule has 116 valence electrons. The average molecular weight is 310 g/mol. The number of anilines is 1. The summed E-state index contributed by atoms with van der Waals surface area (Å²) in [6.45, 7) is 8.89. The molecule has 5 heteroatoms. The topological polar surface area (TPSA) is 35.6 Å². The second-order valence-electron chi connectivity index (χ2n) is 5.45. The Balaban J connectivity index is 1.95. The zero-order valence-electron chi connectivity index (χ0n) is 12.9. The fourth-order valence-electron chi connectivity index (χ4n) is 2.56. The SMILES string of the molecule is CCCNCc1ccc(N2CCN(C(C)=O)CC2)cc1Cl. The predicted octanol–water partition coefficient (Wildman–Crippen LogP) is 2.51. The first kappa shape index (κ1) is 16.1. The fourth-order valence-corrected chi connectivity index (χ4v) is 2.80. The molecule has 1 aliphatic rings. The highest BCUT2D eigenvalue weighted by Gasteiger charge is 2.19. The van der Waals surface area contributed by atoms with Crippen molar-refractivity contribution in [3.05, 3.63) is 28.8 Å². The minimum Gasteiger partial charge on any atom is -0.368 e. The quantitative estimate of drug-likeness (QED) is 0.849. The predicted molar refractivity (Wildman–Crippen MR) is 87.9 cm³/mol. The lowest BCUT2D eigenvalue weighted by molar-refractivity contribution is -0.129. The molecular weight excluding hydrogens is 286 g/mol. The van der Waals surface area contributed by atoms with Gasteiger partial charge in [-0.1, -0.05) is 24.6 Å². The van der Waals surface area contributed by atoms with Crippen LogP contribution in [0.5, 0.6) is 0 Å². The average Bonchev–Trinajstić information content (AvgIpc) is 2.49. The standard InChI is InChI=1S/C16H24ClN3O/c1-3-6-18-12-14-4-5-15(11-16(14)17)20-9-7-19(8-10-20)13(2)21/h4-5,11,18H,3,6-10,12H2,1-2H3. The summed E-state index contributed by atoms with van der Waals surface area (Å²) in [6.07, 6.45) is 1.12. The zero-order chi connectivity index (χ0) is 15.2. The van der Waals surface area contributed by atoms with Crippen molar-refractivity contribution in [1.29, 1.82) is 0 Å². The van der Waals surface area contributed by atoms with E-state index in [0.717, 1.165) is 62.0 Å². The number of nitrogens with zero attached hydrogens (tertiary/aromatic N) is 2. The Bertz CT molecular complexity index is 484. The van der Waals surface area contributed by atoms with Crippen molar-refractivity contribution in [3.8, 4) is 0 Å². The number of benzene rings is 1. The Kier molecular flexibility index (Phi) is 5.88. The third kappa shape index (κ3) is 4.35. The molecule has 0 bridgehead atoms. The van der Waals surface area contributed by atoms with E-state index >= 15 is 0 Å². The molecule has 1 N–H and O–H groups in total. The van der Waals surface area contributed by atoms with Crippen molar-refractivity contribution >= 4 is 23.2 Å². The monoisotopic (exact) mass is 309 g/mol. The van der Waals surface area contributed by atoms with Crippen LogP contribution in [0.25, 0.3) is 0 Å². The summed E-state index contributed by atoms with van der Waals surface area (Å²) >= 11 is 6.38. The van der Waals surface area contributed by atoms with Gasteiger partial charge in [0.25, 0.3) is 0 Å². The van der Waals surface area contributed by atoms with Gasteiger partial charge in [0, 0.05) is 50.4 Å². The van der Waals surface area contributed by atoms with Crippen LogP contribution in [0.2, 0.25) is 5.02 Å². The van der Waals surface area contributed by atoms with E-state index in [-0.39, 0.29) is 5.91 Å². The zero-order valence-corrected chi connectivity index (χ0v) is 13.6. The van der Waals surface area contributed by atoms with Crippen molar-refractivity contribution in [2.45, 2.75) is 26.8 Å². The molecule has 1 aromatic rings. The molecule has 0 unspecified atom stereocenters. The maximum absolute atomic E-state index is 11.3. The molecule has 1 saturated heterocycles. The Labute approximate surface area is 132 Å². The molecule has 4 nitrogen and oxygen atoms in total. The number of rotatable bonds is 5. The van der Waals surface area contributed by atoms with Gasteiger partial charge in [0.2, 0.25) is 5.91 Å². The molecule has 0 saturated carbocycles. The van der Waals surface area contributed by atoms with E-state index in [1.165, 1.54) is 0 Å². The molecule has 21 heavy (non-hydrogen) atoms. The first-order valence-corrected chi connectivity index (χ1v) is 7.99. The number of hydrogen-bond acceptors (Lipinski definition) is 3. The molecule has 1 aromatic carbocycles. The van der Waals surface area contributed by atoms with Crippen LogP contribution < -0.4 is 10.2 Å². The van der Waals surface area contributed by atoms with Gasteiger partial charge in [-0.05, 0) is 30.7 Å². The molecule has 0 radical (unpaired) electrons. The molecule has 1 aliphatic heterocycles. The summed E-state index contributed by atoms with van der Waals surface area (Å²) in [5.74, 6) is 0.157.